The third kappa shape index (κ3) is 5.83. The smallest absolute Gasteiger partial charge is 0.257 e. The van der Waals surface area contributed by atoms with Crippen LogP contribution in [-0.4, -0.2) is 51.2 Å². The fourth-order valence-corrected chi connectivity index (χ4v) is 4.46. The molecule has 0 bridgehead atoms. The van der Waals surface area contributed by atoms with E-state index < -0.39 is 9.84 Å². The Morgan fingerprint density at radius 1 is 1.13 bits per heavy atom. The van der Waals surface area contributed by atoms with Crippen LogP contribution in [0.1, 0.15) is 25.0 Å². The summed E-state index contributed by atoms with van der Waals surface area (Å²) in [7, 11) is -3.31. The van der Waals surface area contributed by atoms with Crippen LogP contribution in [0.2, 0.25) is 0 Å². The molecule has 1 N–H and O–H groups in total. The van der Waals surface area contributed by atoms with E-state index in [2.05, 4.69) is 48.3 Å². The van der Waals surface area contributed by atoms with Gasteiger partial charge < -0.3 is 10.1 Å². The molecule has 2 aromatic carbocycles. The highest BCUT2D eigenvalue weighted by Gasteiger charge is 2.26. The minimum absolute atomic E-state index is 0.152. The summed E-state index contributed by atoms with van der Waals surface area (Å²) >= 11 is 0. The first-order valence-corrected chi connectivity index (χ1v) is 12.1. The fraction of sp³-hybridized carbons (Fsp3) is 0.435. The van der Waals surface area contributed by atoms with Crippen LogP contribution >= 0.6 is 0 Å². The van der Waals surface area contributed by atoms with Gasteiger partial charge in [0.2, 0.25) is 0 Å². The van der Waals surface area contributed by atoms with E-state index in [0.717, 1.165) is 25.8 Å². The Morgan fingerprint density at radius 2 is 1.87 bits per heavy atom. The number of carbonyl (C=O) groups is 1. The molecule has 0 fully saturated rings. The van der Waals surface area contributed by atoms with Gasteiger partial charge in [0.1, 0.15) is 5.75 Å². The van der Waals surface area contributed by atoms with Crippen LogP contribution < -0.4 is 10.1 Å². The van der Waals surface area contributed by atoms with Crippen molar-refractivity contribution < 1.29 is 17.9 Å². The zero-order valence-corrected chi connectivity index (χ0v) is 18.6. The lowest BCUT2D eigenvalue weighted by atomic mass is 9.95. The van der Waals surface area contributed by atoms with Crippen molar-refractivity contribution in [3.63, 3.8) is 0 Å². The van der Waals surface area contributed by atoms with Crippen molar-refractivity contribution >= 4 is 15.7 Å². The van der Waals surface area contributed by atoms with Gasteiger partial charge in [0.05, 0.1) is 4.90 Å². The molecule has 0 aromatic heterocycles. The fourth-order valence-electron chi connectivity index (χ4n) is 3.80. The Hall–Kier alpha value is -2.38. The maximum Gasteiger partial charge on any atom is 0.257 e. The lowest BCUT2D eigenvalue weighted by Crippen LogP contribution is -2.49. The average Bonchev–Trinajstić information content (AvgIpc) is 2.71. The molecule has 1 amide bonds. The first-order chi connectivity index (χ1) is 14.2. The molecular weight excluding hydrogens is 400 g/mol. The number of sulfone groups is 1. The van der Waals surface area contributed by atoms with Crippen molar-refractivity contribution in [2.45, 2.75) is 37.8 Å². The van der Waals surface area contributed by atoms with Crippen LogP contribution in [0.15, 0.2) is 53.4 Å². The second-order valence-corrected chi connectivity index (χ2v) is 10.2. The first-order valence-electron chi connectivity index (χ1n) is 10.2. The number of hydrogen-bond acceptors (Lipinski definition) is 5. The van der Waals surface area contributed by atoms with Gasteiger partial charge in [-0.3, -0.25) is 9.69 Å². The van der Waals surface area contributed by atoms with Crippen LogP contribution in [-0.2, 0) is 27.6 Å². The Morgan fingerprint density at radius 3 is 2.57 bits per heavy atom. The first kappa shape index (κ1) is 22.3. The van der Waals surface area contributed by atoms with E-state index in [1.54, 1.807) is 12.1 Å². The molecule has 0 unspecified atom stereocenters. The molecule has 6 nitrogen and oxygen atoms in total. The molecule has 3 rings (SSSR count). The number of hydrogen-bond donors (Lipinski definition) is 1. The molecule has 0 spiro atoms. The van der Waals surface area contributed by atoms with E-state index in [1.165, 1.54) is 23.3 Å². The summed E-state index contributed by atoms with van der Waals surface area (Å²) in [5.41, 5.74) is 2.76. The summed E-state index contributed by atoms with van der Waals surface area (Å²) in [6, 6.07) is 14.9. The Bertz CT molecular complexity index is 988. The molecule has 30 heavy (non-hydrogen) atoms. The van der Waals surface area contributed by atoms with Crippen LogP contribution in [0.5, 0.6) is 5.75 Å². The summed E-state index contributed by atoms with van der Waals surface area (Å²) in [6.45, 7) is 6.61. The van der Waals surface area contributed by atoms with Gasteiger partial charge in [-0.05, 0) is 41.7 Å². The van der Waals surface area contributed by atoms with Gasteiger partial charge in [0, 0.05) is 31.9 Å². The normalized spacial score (nSPS) is 15.5. The number of nitrogens with one attached hydrogen (secondary N) is 1. The predicted octanol–water partition coefficient (Wildman–Crippen LogP) is 2.67. The third-order valence-electron chi connectivity index (χ3n) is 5.51. The topological polar surface area (TPSA) is 75.7 Å². The predicted molar refractivity (Wildman–Crippen MR) is 117 cm³/mol. The minimum atomic E-state index is -3.31. The average molecular weight is 431 g/mol. The van der Waals surface area contributed by atoms with Gasteiger partial charge in [-0.2, -0.15) is 0 Å². The van der Waals surface area contributed by atoms with Crippen molar-refractivity contribution in [2.75, 3.05) is 26.0 Å². The number of amides is 1. The molecule has 0 saturated carbocycles. The molecule has 0 saturated heterocycles. The lowest BCUT2D eigenvalue weighted by Gasteiger charge is -2.38. The zero-order valence-electron chi connectivity index (χ0n) is 17.8. The summed E-state index contributed by atoms with van der Waals surface area (Å²) in [4.78, 5) is 14.9. The molecular formula is C23H30N2O4S. The quantitative estimate of drug-likeness (QED) is 0.697. The number of nitrogens with zero attached hydrogens (tertiary/aromatic N) is 1. The molecule has 1 aliphatic heterocycles. The summed E-state index contributed by atoms with van der Waals surface area (Å²) < 4.78 is 28.8. The van der Waals surface area contributed by atoms with Gasteiger partial charge in [0.25, 0.3) is 5.91 Å². The van der Waals surface area contributed by atoms with Crippen LogP contribution in [0.3, 0.4) is 0 Å². The standard InChI is InChI=1S/C23H30N2O4S/c1-17(2)22(25-12-11-18-7-4-5-8-19(18)15-25)14-24-23(26)16-29-20-9-6-10-21(13-20)30(3,27)28/h4-10,13,17,22H,11-12,14-16H2,1-3H3,(H,24,26)/t22-/m1/s1. The highest BCUT2D eigenvalue weighted by atomic mass is 32.2. The van der Waals surface area contributed by atoms with Gasteiger partial charge in [0.15, 0.2) is 16.4 Å². The number of fused-ring (bicyclic) bond motifs is 1. The summed E-state index contributed by atoms with van der Waals surface area (Å²) in [5, 5.41) is 2.98. The summed E-state index contributed by atoms with van der Waals surface area (Å²) in [5.74, 6) is 0.534. The van der Waals surface area contributed by atoms with Crippen molar-refractivity contribution in [2.24, 2.45) is 5.92 Å². The third-order valence-corrected chi connectivity index (χ3v) is 6.62. The highest BCUT2D eigenvalue weighted by Crippen LogP contribution is 2.23. The van der Waals surface area contributed by atoms with Crippen molar-refractivity contribution in [1.82, 2.24) is 10.2 Å². The second-order valence-electron chi connectivity index (χ2n) is 8.14. The number of ether oxygens (including phenoxy) is 1. The molecule has 162 valence electrons. The van der Waals surface area contributed by atoms with E-state index in [9.17, 15) is 13.2 Å². The number of rotatable bonds is 8. The monoisotopic (exact) mass is 430 g/mol. The largest absolute Gasteiger partial charge is 0.484 e. The van der Waals surface area contributed by atoms with Gasteiger partial charge in [-0.15, -0.1) is 0 Å². The highest BCUT2D eigenvalue weighted by molar-refractivity contribution is 7.90. The van der Waals surface area contributed by atoms with Crippen LogP contribution in [0.25, 0.3) is 0 Å². The molecule has 0 radical (unpaired) electrons. The maximum atomic E-state index is 12.3. The molecule has 7 heteroatoms. The number of benzene rings is 2. The number of carbonyl (C=O) groups excluding carboxylic acids is 1. The Balaban J connectivity index is 1.54. The molecule has 1 heterocycles. The maximum absolute atomic E-state index is 12.3. The van der Waals surface area contributed by atoms with Gasteiger partial charge >= 0.3 is 0 Å². The van der Waals surface area contributed by atoms with Crippen molar-refractivity contribution in [1.29, 1.82) is 0 Å². The SMILES string of the molecule is CC(C)[C@@H](CNC(=O)COc1cccc(S(C)(=O)=O)c1)N1CCc2ccccc2C1. The van der Waals surface area contributed by atoms with E-state index in [0.29, 0.717) is 18.2 Å². The van der Waals surface area contributed by atoms with Gasteiger partial charge in [-0.1, -0.05) is 44.2 Å². The molecule has 0 aliphatic carbocycles. The second kappa shape index (κ2) is 9.62. The van der Waals surface area contributed by atoms with E-state index in [1.807, 2.05) is 0 Å². The minimum Gasteiger partial charge on any atom is -0.484 e. The molecule has 1 aliphatic rings. The van der Waals surface area contributed by atoms with E-state index in [-0.39, 0.29) is 23.5 Å². The van der Waals surface area contributed by atoms with E-state index in [4.69, 9.17) is 4.74 Å². The van der Waals surface area contributed by atoms with E-state index >= 15 is 0 Å². The molecule has 1 atom stereocenters. The Kier molecular flexibility index (Phi) is 7.15. The van der Waals surface area contributed by atoms with Crippen LogP contribution in [0, 0.1) is 5.92 Å². The van der Waals surface area contributed by atoms with Gasteiger partial charge in [-0.25, -0.2) is 8.42 Å². The zero-order chi connectivity index (χ0) is 21.7. The van der Waals surface area contributed by atoms with Crippen molar-refractivity contribution in [3.8, 4) is 5.75 Å². The molecule has 2 aromatic rings. The summed E-state index contributed by atoms with van der Waals surface area (Å²) in [6.07, 6.45) is 2.16. The Labute approximate surface area is 179 Å². The lowest BCUT2D eigenvalue weighted by molar-refractivity contribution is -0.123. The van der Waals surface area contributed by atoms with Crippen LogP contribution in [0.4, 0.5) is 0 Å². The van der Waals surface area contributed by atoms with Crippen molar-refractivity contribution in [3.05, 3.63) is 59.7 Å².